The highest BCUT2D eigenvalue weighted by Gasteiger charge is 2.39. The monoisotopic (exact) mass is 994 g/mol. The van der Waals surface area contributed by atoms with Gasteiger partial charge in [-0.1, -0.05) is 191 Å². The van der Waals surface area contributed by atoms with Crippen molar-refractivity contribution in [1.29, 1.82) is 0 Å². The molecule has 366 valence electrons. The molecule has 2 heterocycles. The Morgan fingerprint density at radius 1 is 0.534 bits per heavy atom. The van der Waals surface area contributed by atoms with Gasteiger partial charge in [0, 0.05) is 66.4 Å². The first-order valence-electron chi connectivity index (χ1n) is 42.2. The number of ether oxygens (including phenoxy) is 1. The first kappa shape index (κ1) is 21.0. The largest absolute Gasteiger partial charge is 0.458 e. The average molecular weight is 995 g/mol. The Morgan fingerprint density at radius 3 is 1.73 bits per heavy atom. The van der Waals surface area contributed by atoms with E-state index in [4.69, 9.17) is 37.6 Å². The van der Waals surface area contributed by atoms with Crippen molar-refractivity contribution in [3.05, 3.63) is 204 Å². The van der Waals surface area contributed by atoms with Gasteiger partial charge in [-0.2, -0.15) is 0 Å². The molecule has 2 aromatic heterocycles. The maximum atomic E-state index is 10.4. The fourth-order valence-electron chi connectivity index (χ4n) is 9.66. The fourth-order valence-corrected chi connectivity index (χ4v) is 9.66. The predicted octanol–water partition coefficient (Wildman–Crippen LogP) is 17.9. The Kier molecular flexibility index (Phi) is 4.80. The van der Waals surface area contributed by atoms with Crippen LogP contribution in [0.15, 0.2) is 170 Å². The third-order valence-electron chi connectivity index (χ3n) is 13.3. The molecule has 4 nitrogen and oxygen atoms in total. The van der Waals surface area contributed by atoms with E-state index in [1.165, 1.54) is 41.0 Å². The van der Waals surface area contributed by atoms with Crippen LogP contribution in [0.25, 0.3) is 72.2 Å². The van der Waals surface area contributed by atoms with Crippen LogP contribution in [0, 0.1) is 6.33 Å². The Morgan fingerprint density at radius 2 is 1.08 bits per heavy atom. The summed E-state index contributed by atoms with van der Waals surface area (Å²) in [5.74, 6) is 0.467. The Hall–Kier alpha value is -7.17. The van der Waals surface area contributed by atoms with E-state index >= 15 is 0 Å². The molecule has 73 heavy (non-hydrogen) atoms. The van der Waals surface area contributed by atoms with E-state index < -0.39 is 188 Å². The molecule has 0 saturated carbocycles. The number of fused-ring (bicyclic) bond motifs is 6. The fraction of sp³-hybridized carbons (Fsp3) is 0.290. The van der Waals surface area contributed by atoms with Gasteiger partial charge in [-0.25, -0.2) is 0 Å². The average Bonchev–Trinajstić information content (AvgIpc) is 0.915. The van der Waals surface area contributed by atoms with E-state index in [0.717, 1.165) is 55.8 Å². The number of aromatic nitrogens is 3. The molecule has 0 radical (unpaired) electrons. The number of para-hydroxylation sites is 4. The zero-order valence-corrected chi connectivity index (χ0v) is 39.5. The van der Waals surface area contributed by atoms with Gasteiger partial charge in [0.05, 0.1) is 41.7 Å². The van der Waals surface area contributed by atoms with E-state index in [-0.39, 0.29) is 27.9 Å². The third-order valence-corrected chi connectivity index (χ3v) is 13.3. The summed E-state index contributed by atoms with van der Waals surface area (Å²) in [6.45, 7) is -30.1. The molecule has 10 aromatic rings. The number of hydrogen-bond acceptors (Lipinski definition) is 1. The lowest BCUT2D eigenvalue weighted by molar-refractivity contribution is -0.571. The molecule has 8 aromatic carbocycles. The highest BCUT2D eigenvalue weighted by molar-refractivity contribution is 6.09. The summed E-state index contributed by atoms with van der Waals surface area (Å²) in [4.78, 5) is 0. The second kappa shape index (κ2) is 16.7. The Labute approximate surface area is 486 Å². The molecule has 12 rings (SSSR count). The van der Waals surface area contributed by atoms with Gasteiger partial charge in [0.1, 0.15) is 11.5 Å². The summed E-state index contributed by atoms with van der Waals surface area (Å²) in [6, 6.07) is 25.6. The van der Waals surface area contributed by atoms with Crippen molar-refractivity contribution in [3.63, 3.8) is 0 Å². The van der Waals surface area contributed by atoms with Crippen molar-refractivity contribution in [2.24, 2.45) is 0 Å². The topological polar surface area (TPSA) is 23.0 Å². The van der Waals surface area contributed by atoms with E-state index in [9.17, 15) is 19.2 Å². The molecule has 0 unspecified atom stereocenters. The van der Waals surface area contributed by atoms with Crippen LogP contribution in [0.1, 0.15) is 181 Å². The van der Waals surface area contributed by atoms with Crippen LogP contribution < -0.4 is 9.30 Å². The summed E-state index contributed by atoms with van der Waals surface area (Å²) in [5, 5.41) is 1.79. The SMILES string of the molecule is [2H]c1c([2H])c2c(c([2H])c1-c1cccc(-c3c([2H])c([2H])c4c(c3[2H])C(C([2H])([2H])[2H])(C([2H])([2H])[2H])C([2H])([2H])C([2H])([2H])C4(C([2H])([2H])[2H])C([2H])([2H])[2H])c1-[n+]1[c-]n(-c3cccc(Oc4ccc5c6ccccc6n(-c6cccc(C(C)(C)C)c6)c5c4)c3)c3ccccc31)C(C([2H])([2H])[2H])(C([2H])([2H])[2H])C([2H])([2H])C([2H])([2H])C2(C([2H])([2H])[2H])C([2H])([2H])[2H]. The summed E-state index contributed by atoms with van der Waals surface area (Å²) in [6.07, 6.45) is -16.2. The van der Waals surface area contributed by atoms with Crippen LogP contribution in [0.4, 0.5) is 0 Å². The zero-order valence-electron chi connectivity index (χ0n) is 77.5. The van der Waals surface area contributed by atoms with E-state index in [2.05, 4.69) is 37.7 Å². The van der Waals surface area contributed by atoms with E-state index in [1.54, 1.807) is 18.2 Å². The van der Waals surface area contributed by atoms with Crippen LogP contribution in [0.2, 0.25) is 0 Å². The molecule has 0 atom stereocenters. The summed E-state index contributed by atoms with van der Waals surface area (Å²) < 4.78 is 363. The van der Waals surface area contributed by atoms with Gasteiger partial charge in [0.15, 0.2) is 0 Å². The van der Waals surface area contributed by atoms with Gasteiger partial charge in [-0.15, -0.1) is 0 Å². The highest BCUT2D eigenvalue weighted by Crippen LogP contribution is 2.50. The molecule has 0 fully saturated rings. The summed E-state index contributed by atoms with van der Waals surface area (Å²) in [7, 11) is 0. The lowest BCUT2D eigenvalue weighted by Gasteiger charge is -2.42. The second-order valence-corrected chi connectivity index (χ2v) is 19.4. The van der Waals surface area contributed by atoms with Crippen molar-refractivity contribution in [3.8, 4) is 50.8 Å². The number of rotatable bonds is 7. The zero-order chi connectivity index (χ0) is 83.2. The molecule has 2 aliphatic carbocycles. The first-order chi connectivity index (χ1) is 50.4. The molecule has 0 saturated heterocycles. The molecule has 4 heteroatoms. The normalized spacial score (nSPS) is 28.4. The Balaban J connectivity index is 1.25. The van der Waals surface area contributed by atoms with Crippen LogP contribution in [0.3, 0.4) is 0 Å². The lowest BCUT2D eigenvalue weighted by atomic mass is 9.62. The van der Waals surface area contributed by atoms with Crippen LogP contribution in [-0.4, -0.2) is 9.13 Å². The van der Waals surface area contributed by atoms with Crippen molar-refractivity contribution in [2.75, 3.05) is 0 Å². The maximum Gasteiger partial charge on any atom is 0.269 e. The van der Waals surface area contributed by atoms with Crippen molar-refractivity contribution in [1.82, 2.24) is 9.13 Å². The molecular formula is C69H69N3O. The van der Waals surface area contributed by atoms with Gasteiger partial charge in [0.2, 0.25) is 0 Å². The van der Waals surface area contributed by atoms with Gasteiger partial charge < -0.3 is 9.30 Å². The number of imidazole rings is 1. The van der Waals surface area contributed by atoms with Gasteiger partial charge in [-0.05, 0) is 151 Å². The van der Waals surface area contributed by atoms with E-state index in [1.807, 2.05) is 54.6 Å². The third kappa shape index (κ3) is 7.91. The first-order valence-corrected chi connectivity index (χ1v) is 23.2. The molecule has 2 aliphatic rings. The van der Waals surface area contributed by atoms with Gasteiger partial charge in [-0.3, -0.25) is 9.13 Å². The van der Waals surface area contributed by atoms with Gasteiger partial charge >= 0.3 is 0 Å². The summed E-state index contributed by atoms with van der Waals surface area (Å²) >= 11 is 0. The minimum atomic E-state index is -4.84. The molecule has 0 N–H and O–H groups in total. The van der Waals surface area contributed by atoms with Crippen LogP contribution in [0.5, 0.6) is 11.5 Å². The minimum absolute atomic E-state index is 0.0604. The number of hydrogen-bond donors (Lipinski definition) is 0. The van der Waals surface area contributed by atoms with Crippen LogP contribution >= 0.6 is 0 Å². The highest BCUT2D eigenvalue weighted by atomic mass is 16.5. The molecule has 0 spiro atoms. The molecule has 0 bridgehead atoms. The quantitative estimate of drug-likeness (QED) is 0.115. The van der Waals surface area contributed by atoms with Crippen molar-refractivity contribution in [2.45, 2.75) is 128 Å². The van der Waals surface area contributed by atoms with Crippen LogP contribution in [-0.2, 0) is 27.1 Å². The number of benzene rings is 8. The maximum absolute atomic E-state index is 10.4. The standard InChI is InChI=1S/C69H69N3O/c1-65(2,3)47-19-16-21-49(41-47)72-60-26-13-12-23-54(60)55-32-31-51(43-63(55)72)73-50-22-17-20-48(42-50)70-44-71(62-28-15-14-27-61(62)70)64-52(45-29-33-56-58(39-45)68(8,9)37-35-66(56,4)5)24-18-25-53(64)46-30-34-57-59(40-46)69(10,11)38-36-67(57,6)7/h12-34,39-43H,35-38H2,1-11H3/i4D3,5D3,6D3,7D3,8D3,9D3,10D3,11D3,29D,30D,33D,34D,35D2,36D2,37D2,38D2,39D,40D. The van der Waals surface area contributed by atoms with Crippen molar-refractivity contribution < 1.29 is 61.4 Å². The Bertz CT molecular complexity index is 5250. The predicted molar refractivity (Wildman–Crippen MR) is 305 cm³/mol. The summed E-state index contributed by atoms with van der Waals surface area (Å²) in [5.41, 5.74) is -28.2. The second-order valence-electron chi connectivity index (χ2n) is 19.4. The van der Waals surface area contributed by atoms with Crippen molar-refractivity contribution >= 4 is 32.8 Å². The lowest BCUT2D eigenvalue weighted by Crippen LogP contribution is -2.34. The molecule has 0 amide bonds. The molecule has 0 aliphatic heterocycles. The smallest absolute Gasteiger partial charge is 0.269 e. The minimum Gasteiger partial charge on any atom is -0.458 e. The van der Waals surface area contributed by atoms with Gasteiger partial charge in [0.25, 0.3) is 6.33 Å². The molecular weight excluding hydrogens is 887 g/mol. The van der Waals surface area contributed by atoms with E-state index in [0.29, 0.717) is 5.75 Å². The number of nitrogens with zero attached hydrogens (tertiary/aromatic N) is 3.